The lowest BCUT2D eigenvalue weighted by Gasteiger charge is -2.52. The summed E-state index contributed by atoms with van der Waals surface area (Å²) in [6.07, 6.45) is 3.17. The standard InChI is InChI=1S/C17H22O3/c1-11-7-8-17(9-18)10-20-16(15(11)12(17)2)13-3-5-14(19)6-4-13/h3-7,12,15-16,18-19H,8-10H2,1-2H3. The molecule has 2 bridgehead atoms. The summed E-state index contributed by atoms with van der Waals surface area (Å²) in [5.41, 5.74) is 2.32. The van der Waals surface area contributed by atoms with Crippen LogP contribution in [-0.2, 0) is 4.74 Å². The molecule has 0 aromatic heterocycles. The molecule has 0 saturated carbocycles. The fourth-order valence-corrected chi connectivity index (χ4v) is 3.73. The third kappa shape index (κ3) is 1.97. The van der Waals surface area contributed by atoms with Crippen LogP contribution in [0, 0.1) is 17.3 Å². The van der Waals surface area contributed by atoms with Crippen LogP contribution in [0.5, 0.6) is 5.75 Å². The molecule has 1 aliphatic carbocycles. The smallest absolute Gasteiger partial charge is 0.115 e. The summed E-state index contributed by atoms with van der Waals surface area (Å²) in [5, 5.41) is 19.2. The molecule has 2 N–H and O–H groups in total. The highest BCUT2D eigenvalue weighted by molar-refractivity contribution is 5.31. The van der Waals surface area contributed by atoms with Gasteiger partial charge < -0.3 is 14.9 Å². The van der Waals surface area contributed by atoms with Gasteiger partial charge in [0, 0.05) is 11.3 Å². The largest absolute Gasteiger partial charge is 0.508 e. The number of hydrogen-bond acceptors (Lipinski definition) is 3. The Kier molecular flexibility index (Phi) is 3.35. The molecule has 1 saturated heterocycles. The van der Waals surface area contributed by atoms with Crippen LogP contribution < -0.4 is 0 Å². The Morgan fingerprint density at radius 1 is 1.30 bits per heavy atom. The second kappa shape index (κ2) is 4.90. The van der Waals surface area contributed by atoms with Crippen molar-refractivity contribution in [2.24, 2.45) is 17.3 Å². The number of benzene rings is 1. The van der Waals surface area contributed by atoms with Crippen molar-refractivity contribution in [2.45, 2.75) is 26.4 Å². The first-order chi connectivity index (χ1) is 9.57. The van der Waals surface area contributed by atoms with E-state index in [9.17, 15) is 10.2 Å². The minimum Gasteiger partial charge on any atom is -0.508 e. The van der Waals surface area contributed by atoms with Gasteiger partial charge in [0.25, 0.3) is 0 Å². The van der Waals surface area contributed by atoms with Crippen LogP contribution >= 0.6 is 0 Å². The Hall–Kier alpha value is -1.32. The minimum absolute atomic E-state index is 0.0156. The molecule has 0 amide bonds. The van der Waals surface area contributed by atoms with E-state index in [1.165, 1.54) is 5.57 Å². The van der Waals surface area contributed by atoms with Gasteiger partial charge in [-0.3, -0.25) is 0 Å². The quantitative estimate of drug-likeness (QED) is 0.815. The second-order valence-electron chi connectivity index (χ2n) is 6.31. The van der Waals surface area contributed by atoms with E-state index in [0.717, 1.165) is 12.0 Å². The fourth-order valence-electron chi connectivity index (χ4n) is 3.73. The molecule has 1 heterocycles. The van der Waals surface area contributed by atoms with Gasteiger partial charge in [-0.1, -0.05) is 30.7 Å². The molecule has 1 aromatic rings. The predicted octanol–water partition coefficient (Wildman–Crippen LogP) is 3.04. The molecule has 1 aliphatic heterocycles. The van der Waals surface area contributed by atoms with Crippen molar-refractivity contribution in [1.82, 2.24) is 0 Å². The number of hydrogen-bond donors (Lipinski definition) is 2. The van der Waals surface area contributed by atoms with Gasteiger partial charge in [0.1, 0.15) is 5.75 Å². The summed E-state index contributed by atoms with van der Waals surface area (Å²) in [4.78, 5) is 0. The van der Waals surface area contributed by atoms with E-state index in [-0.39, 0.29) is 23.9 Å². The average molecular weight is 274 g/mol. The van der Waals surface area contributed by atoms with Gasteiger partial charge in [-0.15, -0.1) is 0 Å². The van der Waals surface area contributed by atoms with Crippen molar-refractivity contribution < 1.29 is 14.9 Å². The zero-order valence-electron chi connectivity index (χ0n) is 12.0. The maximum Gasteiger partial charge on any atom is 0.115 e. The van der Waals surface area contributed by atoms with Crippen LogP contribution in [0.3, 0.4) is 0 Å². The van der Waals surface area contributed by atoms with Crippen molar-refractivity contribution in [2.75, 3.05) is 13.2 Å². The number of phenolic OH excluding ortho intramolecular Hbond substituents is 1. The first kappa shape index (κ1) is 13.7. The molecule has 3 nitrogen and oxygen atoms in total. The van der Waals surface area contributed by atoms with E-state index in [0.29, 0.717) is 18.4 Å². The minimum atomic E-state index is -0.127. The zero-order chi connectivity index (χ0) is 14.3. The van der Waals surface area contributed by atoms with E-state index in [4.69, 9.17) is 4.74 Å². The predicted molar refractivity (Wildman–Crippen MR) is 77.3 cm³/mol. The van der Waals surface area contributed by atoms with Crippen molar-refractivity contribution in [1.29, 1.82) is 0 Å². The number of ether oxygens (including phenoxy) is 1. The van der Waals surface area contributed by atoms with Gasteiger partial charge in [-0.05, 0) is 37.0 Å². The van der Waals surface area contributed by atoms with Gasteiger partial charge in [0.05, 0.1) is 19.3 Å². The molecular weight excluding hydrogens is 252 g/mol. The third-order valence-corrected chi connectivity index (χ3v) is 5.27. The summed E-state index contributed by atoms with van der Waals surface area (Å²) in [5.74, 6) is 0.970. The van der Waals surface area contributed by atoms with Crippen LogP contribution in [0.2, 0.25) is 0 Å². The molecule has 4 atom stereocenters. The normalized spacial score (nSPS) is 36.5. The molecule has 1 aromatic carbocycles. The number of allylic oxidation sites excluding steroid dienone is 1. The lowest BCUT2D eigenvalue weighted by molar-refractivity contribution is -0.148. The molecule has 3 rings (SSSR count). The van der Waals surface area contributed by atoms with Crippen LogP contribution in [0.15, 0.2) is 35.9 Å². The first-order valence-electron chi connectivity index (χ1n) is 7.25. The first-order valence-corrected chi connectivity index (χ1v) is 7.25. The Balaban J connectivity index is 1.97. The topological polar surface area (TPSA) is 49.7 Å². The van der Waals surface area contributed by atoms with Crippen molar-refractivity contribution in [3.05, 3.63) is 41.5 Å². The summed E-state index contributed by atoms with van der Waals surface area (Å²) < 4.78 is 6.12. The third-order valence-electron chi connectivity index (χ3n) is 5.27. The summed E-state index contributed by atoms with van der Waals surface area (Å²) >= 11 is 0. The average Bonchev–Trinajstić information content (AvgIpc) is 2.45. The molecule has 1 fully saturated rings. The van der Waals surface area contributed by atoms with Crippen molar-refractivity contribution >= 4 is 0 Å². The molecule has 20 heavy (non-hydrogen) atoms. The number of aliphatic hydroxyl groups excluding tert-OH is 1. The van der Waals surface area contributed by atoms with Crippen molar-refractivity contribution in [3.8, 4) is 5.75 Å². The molecular formula is C17H22O3. The number of fused-ring (bicyclic) bond motifs is 2. The molecule has 0 spiro atoms. The van der Waals surface area contributed by atoms with Crippen molar-refractivity contribution in [3.63, 3.8) is 0 Å². The second-order valence-corrected chi connectivity index (χ2v) is 6.31. The summed E-state index contributed by atoms with van der Waals surface area (Å²) in [6.45, 7) is 5.16. The van der Waals surface area contributed by atoms with E-state index in [2.05, 4.69) is 19.9 Å². The van der Waals surface area contributed by atoms with Gasteiger partial charge >= 0.3 is 0 Å². The Morgan fingerprint density at radius 3 is 2.65 bits per heavy atom. The Labute approximate surface area is 119 Å². The Bertz CT molecular complexity index is 520. The van der Waals surface area contributed by atoms with E-state index < -0.39 is 0 Å². The molecule has 4 unspecified atom stereocenters. The summed E-state index contributed by atoms with van der Waals surface area (Å²) in [6, 6.07) is 7.28. The van der Waals surface area contributed by atoms with Crippen LogP contribution in [0.1, 0.15) is 31.9 Å². The van der Waals surface area contributed by atoms with Gasteiger partial charge in [-0.25, -0.2) is 0 Å². The van der Waals surface area contributed by atoms with Crippen LogP contribution in [0.25, 0.3) is 0 Å². The highest BCUT2D eigenvalue weighted by Crippen LogP contribution is 2.53. The monoisotopic (exact) mass is 274 g/mol. The highest BCUT2D eigenvalue weighted by Gasteiger charge is 2.50. The van der Waals surface area contributed by atoms with E-state index in [1.807, 2.05) is 12.1 Å². The maximum atomic E-state index is 9.80. The number of rotatable bonds is 2. The number of aliphatic hydroxyl groups is 1. The molecule has 108 valence electrons. The van der Waals surface area contributed by atoms with Crippen LogP contribution in [0.4, 0.5) is 0 Å². The van der Waals surface area contributed by atoms with Gasteiger partial charge in [-0.2, -0.15) is 0 Å². The maximum absolute atomic E-state index is 9.80. The van der Waals surface area contributed by atoms with Gasteiger partial charge in [0.2, 0.25) is 0 Å². The summed E-state index contributed by atoms with van der Waals surface area (Å²) in [7, 11) is 0. The fraction of sp³-hybridized carbons (Fsp3) is 0.529. The highest BCUT2D eigenvalue weighted by atomic mass is 16.5. The molecule has 3 heteroatoms. The Morgan fingerprint density at radius 2 is 2.00 bits per heavy atom. The van der Waals surface area contributed by atoms with E-state index >= 15 is 0 Å². The number of phenols is 1. The lowest BCUT2D eigenvalue weighted by atomic mass is 9.60. The van der Waals surface area contributed by atoms with Gasteiger partial charge in [0.15, 0.2) is 0 Å². The van der Waals surface area contributed by atoms with Crippen LogP contribution in [-0.4, -0.2) is 23.4 Å². The number of aromatic hydroxyl groups is 1. The molecule has 2 aliphatic rings. The SMILES string of the molecule is CC1=CCC2(CO)COC(c3ccc(O)cc3)C1C2C. The zero-order valence-corrected chi connectivity index (χ0v) is 12.0. The lowest BCUT2D eigenvalue weighted by Crippen LogP contribution is -2.50. The molecule has 0 radical (unpaired) electrons. The van der Waals surface area contributed by atoms with E-state index in [1.54, 1.807) is 12.1 Å².